The first-order valence-electron chi connectivity index (χ1n) is 7.70. The van der Waals surface area contributed by atoms with E-state index in [1.54, 1.807) is 4.68 Å². The lowest BCUT2D eigenvalue weighted by Gasteiger charge is -2.10. The molecule has 0 unspecified atom stereocenters. The normalized spacial score (nSPS) is 11.2. The van der Waals surface area contributed by atoms with Crippen molar-refractivity contribution in [3.8, 4) is 5.69 Å². The largest absolute Gasteiger partial charge is 0.350 e. The minimum Gasteiger partial charge on any atom is -0.350 e. The summed E-state index contributed by atoms with van der Waals surface area (Å²) in [6.45, 7) is 7.70. The van der Waals surface area contributed by atoms with Crippen LogP contribution in [0.4, 0.5) is 0 Å². The highest BCUT2D eigenvalue weighted by Crippen LogP contribution is 2.24. The summed E-state index contributed by atoms with van der Waals surface area (Å²) in [5.74, 6) is -0.0915. The minimum absolute atomic E-state index is 0.0792. The average Bonchev–Trinajstić information content (AvgIpc) is 2.83. The van der Waals surface area contributed by atoms with Crippen LogP contribution in [0, 0.1) is 13.8 Å². The van der Waals surface area contributed by atoms with E-state index in [1.165, 1.54) is 0 Å². The molecule has 3 rings (SSSR count). The number of rotatable bonds is 3. The third kappa shape index (κ3) is 2.82. The SMILES string of the molecule is Cc1cc(C(=O)NC(C)C)c2c(C)nn(-c3ccccc3)c2n1. The molecular weight excluding hydrogens is 288 g/mol. The summed E-state index contributed by atoms with van der Waals surface area (Å²) < 4.78 is 1.80. The number of fused-ring (bicyclic) bond motifs is 1. The predicted molar refractivity (Wildman–Crippen MR) is 90.9 cm³/mol. The zero-order chi connectivity index (χ0) is 16.6. The summed E-state index contributed by atoms with van der Waals surface area (Å²) in [5.41, 5.74) is 3.86. The summed E-state index contributed by atoms with van der Waals surface area (Å²) in [7, 11) is 0. The average molecular weight is 308 g/mol. The number of benzene rings is 1. The van der Waals surface area contributed by atoms with Gasteiger partial charge in [0.2, 0.25) is 0 Å². The van der Waals surface area contributed by atoms with Gasteiger partial charge < -0.3 is 5.32 Å². The van der Waals surface area contributed by atoms with Gasteiger partial charge in [-0.2, -0.15) is 5.10 Å². The Balaban J connectivity index is 2.25. The van der Waals surface area contributed by atoms with Gasteiger partial charge in [-0.05, 0) is 45.9 Å². The Kier molecular flexibility index (Phi) is 3.86. The molecule has 2 heterocycles. The number of hydrogen-bond acceptors (Lipinski definition) is 3. The Labute approximate surface area is 135 Å². The second-order valence-electron chi connectivity index (χ2n) is 5.97. The number of aryl methyl sites for hydroxylation is 2. The van der Waals surface area contributed by atoms with Gasteiger partial charge in [-0.15, -0.1) is 0 Å². The Morgan fingerprint density at radius 1 is 1.17 bits per heavy atom. The lowest BCUT2D eigenvalue weighted by atomic mass is 10.1. The van der Waals surface area contributed by atoms with E-state index in [0.717, 1.165) is 22.5 Å². The molecule has 5 heteroatoms. The fourth-order valence-corrected chi connectivity index (χ4v) is 2.68. The number of aromatic nitrogens is 3. The van der Waals surface area contributed by atoms with Gasteiger partial charge in [-0.1, -0.05) is 18.2 Å². The van der Waals surface area contributed by atoms with Gasteiger partial charge in [0.25, 0.3) is 5.91 Å². The minimum atomic E-state index is -0.0915. The lowest BCUT2D eigenvalue weighted by Crippen LogP contribution is -2.30. The van der Waals surface area contributed by atoms with Gasteiger partial charge >= 0.3 is 0 Å². The molecule has 5 nitrogen and oxygen atoms in total. The van der Waals surface area contributed by atoms with Crippen molar-refractivity contribution in [1.29, 1.82) is 0 Å². The zero-order valence-electron chi connectivity index (χ0n) is 13.8. The van der Waals surface area contributed by atoms with E-state index in [9.17, 15) is 4.79 Å². The van der Waals surface area contributed by atoms with Crippen molar-refractivity contribution in [2.75, 3.05) is 0 Å². The van der Waals surface area contributed by atoms with E-state index in [4.69, 9.17) is 0 Å². The molecule has 23 heavy (non-hydrogen) atoms. The molecule has 2 aromatic heterocycles. The standard InChI is InChI=1S/C18H20N4O/c1-11(2)19-18(23)15-10-12(3)20-17-16(15)13(4)21-22(17)14-8-6-5-7-9-14/h5-11H,1-4H3,(H,19,23). The van der Waals surface area contributed by atoms with Gasteiger partial charge in [0.1, 0.15) is 0 Å². The van der Waals surface area contributed by atoms with Crippen LogP contribution in [-0.2, 0) is 0 Å². The molecule has 0 bridgehead atoms. The molecule has 0 atom stereocenters. The van der Waals surface area contributed by atoms with Gasteiger partial charge in [0, 0.05) is 11.7 Å². The summed E-state index contributed by atoms with van der Waals surface area (Å²) in [6.07, 6.45) is 0. The second-order valence-corrected chi connectivity index (χ2v) is 5.97. The van der Waals surface area contributed by atoms with Crippen molar-refractivity contribution < 1.29 is 4.79 Å². The number of carbonyl (C=O) groups is 1. The van der Waals surface area contributed by atoms with Crippen molar-refractivity contribution in [2.24, 2.45) is 0 Å². The van der Waals surface area contributed by atoms with Crippen LogP contribution in [0.3, 0.4) is 0 Å². The fraction of sp³-hybridized carbons (Fsp3) is 0.278. The number of pyridine rings is 1. The molecule has 118 valence electrons. The molecule has 1 N–H and O–H groups in total. The topological polar surface area (TPSA) is 59.8 Å². The molecule has 0 aliphatic heterocycles. The quantitative estimate of drug-likeness (QED) is 0.808. The lowest BCUT2D eigenvalue weighted by molar-refractivity contribution is 0.0944. The van der Waals surface area contributed by atoms with E-state index in [-0.39, 0.29) is 11.9 Å². The molecule has 0 radical (unpaired) electrons. The van der Waals surface area contributed by atoms with E-state index in [2.05, 4.69) is 15.4 Å². The maximum Gasteiger partial charge on any atom is 0.252 e. The van der Waals surface area contributed by atoms with Crippen LogP contribution in [0.2, 0.25) is 0 Å². The van der Waals surface area contributed by atoms with Crippen molar-refractivity contribution in [3.63, 3.8) is 0 Å². The van der Waals surface area contributed by atoms with E-state index in [1.807, 2.05) is 64.1 Å². The Morgan fingerprint density at radius 2 is 1.87 bits per heavy atom. The van der Waals surface area contributed by atoms with Gasteiger partial charge in [0.05, 0.1) is 22.3 Å². The maximum atomic E-state index is 12.5. The summed E-state index contributed by atoms with van der Waals surface area (Å²) in [6, 6.07) is 11.7. The highest BCUT2D eigenvalue weighted by molar-refractivity contribution is 6.06. The molecule has 1 amide bonds. The van der Waals surface area contributed by atoms with Gasteiger partial charge in [-0.25, -0.2) is 9.67 Å². The number of nitrogens with zero attached hydrogens (tertiary/aromatic N) is 3. The van der Waals surface area contributed by atoms with Crippen LogP contribution < -0.4 is 5.32 Å². The highest BCUT2D eigenvalue weighted by Gasteiger charge is 2.19. The number of amides is 1. The molecule has 0 aliphatic carbocycles. The molecule has 0 saturated carbocycles. The summed E-state index contributed by atoms with van der Waals surface area (Å²) in [4.78, 5) is 17.2. The number of nitrogens with one attached hydrogen (secondary N) is 1. The number of carbonyl (C=O) groups excluding carboxylic acids is 1. The predicted octanol–water partition coefficient (Wildman–Crippen LogP) is 3.18. The molecular formula is C18H20N4O. The van der Waals surface area contributed by atoms with Crippen LogP contribution in [0.1, 0.15) is 35.6 Å². The molecule has 0 fully saturated rings. The second kappa shape index (κ2) is 5.83. The first-order chi connectivity index (χ1) is 11.0. The Hall–Kier alpha value is -2.69. The van der Waals surface area contributed by atoms with Crippen molar-refractivity contribution >= 4 is 16.9 Å². The van der Waals surface area contributed by atoms with Gasteiger partial charge in [0.15, 0.2) is 5.65 Å². The smallest absolute Gasteiger partial charge is 0.252 e. The third-order valence-corrected chi connectivity index (χ3v) is 3.61. The fourth-order valence-electron chi connectivity index (χ4n) is 2.68. The molecule has 1 aromatic carbocycles. The van der Waals surface area contributed by atoms with E-state index in [0.29, 0.717) is 11.2 Å². The molecule has 0 spiro atoms. The first-order valence-corrected chi connectivity index (χ1v) is 7.70. The van der Waals surface area contributed by atoms with E-state index < -0.39 is 0 Å². The van der Waals surface area contributed by atoms with Crippen LogP contribution in [0.5, 0.6) is 0 Å². The molecule has 0 saturated heterocycles. The highest BCUT2D eigenvalue weighted by atomic mass is 16.1. The monoisotopic (exact) mass is 308 g/mol. The molecule has 0 aliphatic rings. The molecule has 3 aromatic rings. The Morgan fingerprint density at radius 3 is 2.52 bits per heavy atom. The first kappa shape index (κ1) is 15.2. The van der Waals surface area contributed by atoms with Gasteiger partial charge in [-0.3, -0.25) is 4.79 Å². The maximum absolute atomic E-state index is 12.5. The number of hydrogen-bond donors (Lipinski definition) is 1. The van der Waals surface area contributed by atoms with E-state index >= 15 is 0 Å². The zero-order valence-corrected chi connectivity index (χ0v) is 13.8. The Bertz CT molecular complexity index is 866. The van der Waals surface area contributed by atoms with Crippen LogP contribution in [-0.4, -0.2) is 26.7 Å². The van der Waals surface area contributed by atoms with Crippen molar-refractivity contribution in [1.82, 2.24) is 20.1 Å². The van der Waals surface area contributed by atoms with Crippen LogP contribution >= 0.6 is 0 Å². The van der Waals surface area contributed by atoms with Crippen LogP contribution in [0.25, 0.3) is 16.7 Å². The van der Waals surface area contributed by atoms with Crippen molar-refractivity contribution in [2.45, 2.75) is 33.7 Å². The van der Waals surface area contributed by atoms with Crippen LogP contribution in [0.15, 0.2) is 36.4 Å². The number of para-hydroxylation sites is 1. The van der Waals surface area contributed by atoms with Crippen molar-refractivity contribution in [3.05, 3.63) is 53.3 Å². The summed E-state index contributed by atoms with van der Waals surface area (Å²) in [5, 5.41) is 8.35. The third-order valence-electron chi connectivity index (χ3n) is 3.61. The summed E-state index contributed by atoms with van der Waals surface area (Å²) >= 11 is 0.